The van der Waals surface area contributed by atoms with Crippen molar-refractivity contribution in [1.29, 1.82) is 0 Å². The molecule has 5 rings (SSSR count). The van der Waals surface area contributed by atoms with E-state index >= 15 is 4.39 Å². The number of hydrogen-bond donors (Lipinski definition) is 0. The van der Waals surface area contributed by atoms with E-state index in [4.69, 9.17) is 4.74 Å². The van der Waals surface area contributed by atoms with Crippen LogP contribution in [0.15, 0.2) is 60.8 Å². The first-order valence-corrected chi connectivity index (χ1v) is 13.3. The molecule has 2 aliphatic rings. The molecule has 1 saturated heterocycles. The number of amides is 2. The molecule has 2 aromatic carbocycles. The predicted molar refractivity (Wildman–Crippen MR) is 145 cm³/mol. The van der Waals surface area contributed by atoms with Crippen molar-refractivity contribution in [2.45, 2.75) is 45.1 Å². The number of carbonyl (C=O) groups is 3. The Morgan fingerprint density at radius 2 is 1.79 bits per heavy atom. The Hall–Kier alpha value is -4.07. The zero-order valence-electron chi connectivity index (χ0n) is 22.7. The molecular formula is C31H32FN3O4. The van der Waals surface area contributed by atoms with Crippen LogP contribution in [0, 0.1) is 5.82 Å². The number of nitrogens with zero attached hydrogens (tertiary/aromatic N) is 3. The highest BCUT2D eigenvalue weighted by Crippen LogP contribution is 2.44. The lowest BCUT2D eigenvalue weighted by atomic mass is 9.82. The van der Waals surface area contributed by atoms with E-state index < -0.39 is 16.8 Å². The van der Waals surface area contributed by atoms with Gasteiger partial charge in [-0.1, -0.05) is 36.4 Å². The normalized spacial score (nSPS) is 18.3. The number of esters is 1. The summed E-state index contributed by atoms with van der Waals surface area (Å²) in [5.74, 6) is -1.25. The second kappa shape index (κ2) is 9.91. The summed E-state index contributed by atoms with van der Waals surface area (Å²) in [5, 5.41) is 0. The van der Waals surface area contributed by atoms with Crippen LogP contribution in [0.1, 0.15) is 66.1 Å². The molecule has 2 amide bonds. The van der Waals surface area contributed by atoms with E-state index in [0.29, 0.717) is 48.4 Å². The third kappa shape index (κ3) is 4.47. The van der Waals surface area contributed by atoms with Gasteiger partial charge in [0.2, 0.25) is 5.91 Å². The van der Waals surface area contributed by atoms with Crippen molar-refractivity contribution in [2.24, 2.45) is 0 Å². The molecule has 3 heterocycles. The van der Waals surface area contributed by atoms with Gasteiger partial charge in [0.1, 0.15) is 11.5 Å². The Morgan fingerprint density at radius 3 is 2.46 bits per heavy atom. The van der Waals surface area contributed by atoms with E-state index in [1.54, 1.807) is 66.2 Å². The smallest absolute Gasteiger partial charge is 0.339 e. The first-order chi connectivity index (χ1) is 18.6. The molecule has 0 bridgehead atoms. The van der Waals surface area contributed by atoms with Gasteiger partial charge >= 0.3 is 5.97 Å². The number of halogens is 1. The van der Waals surface area contributed by atoms with Gasteiger partial charge < -0.3 is 14.5 Å². The van der Waals surface area contributed by atoms with E-state index in [2.05, 4.69) is 4.98 Å². The number of ether oxygens (including phenoxy) is 1. The number of pyridine rings is 1. The molecule has 1 aromatic heterocycles. The van der Waals surface area contributed by atoms with Crippen LogP contribution in [-0.4, -0.2) is 58.7 Å². The predicted octanol–water partition coefficient (Wildman–Crippen LogP) is 4.95. The maximum atomic E-state index is 15.5. The maximum Gasteiger partial charge on any atom is 0.339 e. The van der Waals surface area contributed by atoms with Crippen LogP contribution in [0.4, 0.5) is 4.39 Å². The number of carbonyl (C=O) groups excluding carboxylic acids is 3. The summed E-state index contributed by atoms with van der Waals surface area (Å²) in [6.07, 6.45) is 2.06. The first kappa shape index (κ1) is 26.5. The molecule has 0 radical (unpaired) electrons. The fraction of sp³-hybridized carbons (Fsp3) is 0.355. The number of aromatic nitrogens is 1. The van der Waals surface area contributed by atoms with Crippen LogP contribution in [-0.2, 0) is 20.5 Å². The summed E-state index contributed by atoms with van der Waals surface area (Å²) in [6, 6.07) is 15.5. The largest absolute Gasteiger partial charge is 0.449 e. The van der Waals surface area contributed by atoms with Gasteiger partial charge in [0.25, 0.3) is 5.91 Å². The van der Waals surface area contributed by atoms with Gasteiger partial charge in [0.15, 0.2) is 5.60 Å². The fourth-order valence-corrected chi connectivity index (χ4v) is 5.68. The number of rotatable bonds is 6. The van der Waals surface area contributed by atoms with Crippen molar-refractivity contribution in [3.63, 3.8) is 0 Å². The Kier molecular flexibility index (Phi) is 6.74. The number of hydrogen-bond acceptors (Lipinski definition) is 5. The zero-order chi connectivity index (χ0) is 27.9. The van der Waals surface area contributed by atoms with Crippen LogP contribution in [0.5, 0.6) is 0 Å². The highest BCUT2D eigenvalue weighted by atomic mass is 19.1. The molecule has 39 heavy (non-hydrogen) atoms. The Morgan fingerprint density at radius 1 is 1.08 bits per heavy atom. The fourth-order valence-electron chi connectivity index (χ4n) is 5.68. The van der Waals surface area contributed by atoms with Crippen LogP contribution < -0.4 is 0 Å². The van der Waals surface area contributed by atoms with E-state index in [9.17, 15) is 14.4 Å². The summed E-state index contributed by atoms with van der Waals surface area (Å²) in [5.41, 5.74) is 1.23. The van der Waals surface area contributed by atoms with E-state index in [-0.39, 0.29) is 29.9 Å². The van der Waals surface area contributed by atoms with Crippen LogP contribution >= 0.6 is 0 Å². The minimum atomic E-state index is -1.14. The minimum absolute atomic E-state index is 0.145. The minimum Gasteiger partial charge on any atom is -0.449 e. The average molecular weight is 530 g/mol. The summed E-state index contributed by atoms with van der Waals surface area (Å²) in [4.78, 5) is 46.3. The van der Waals surface area contributed by atoms with Crippen molar-refractivity contribution in [3.8, 4) is 11.1 Å². The molecule has 8 heteroatoms. The Balaban J connectivity index is 1.34. The molecule has 202 valence electrons. The standard InChI is InChI=1S/C31H32FN3O4/c1-5-34(6-2)27(36)26-14-12-21(18-33-26)20-11-13-24(25(32)17-20)30(3,4)29(38)35-16-15-31(19-35)23-10-8-7-9-22(23)28(37)39-31/h7-14,17-18H,5-6,15-16,19H2,1-4H3/t31-/m0/s1. The van der Waals surface area contributed by atoms with Gasteiger partial charge in [-0.25, -0.2) is 9.18 Å². The number of likely N-dealkylation sites (tertiary alicyclic amines) is 1. The second-order valence-electron chi connectivity index (χ2n) is 10.6. The van der Waals surface area contributed by atoms with Gasteiger partial charge in [-0.15, -0.1) is 0 Å². The quantitative estimate of drug-likeness (QED) is 0.423. The number of benzene rings is 2. The van der Waals surface area contributed by atoms with Gasteiger partial charge in [-0.2, -0.15) is 0 Å². The molecule has 2 aliphatic heterocycles. The summed E-state index contributed by atoms with van der Waals surface area (Å²) in [6.45, 7) is 9.08. The highest BCUT2D eigenvalue weighted by molar-refractivity contribution is 5.95. The molecule has 7 nitrogen and oxygen atoms in total. The van der Waals surface area contributed by atoms with E-state index in [0.717, 1.165) is 5.56 Å². The lowest BCUT2D eigenvalue weighted by Gasteiger charge is -2.31. The highest BCUT2D eigenvalue weighted by Gasteiger charge is 2.52. The monoisotopic (exact) mass is 529 g/mol. The van der Waals surface area contributed by atoms with Crippen LogP contribution in [0.25, 0.3) is 11.1 Å². The molecule has 0 saturated carbocycles. The Bertz CT molecular complexity index is 1450. The Labute approximate surface area is 227 Å². The van der Waals surface area contributed by atoms with E-state index in [1.807, 2.05) is 26.0 Å². The van der Waals surface area contributed by atoms with Crippen molar-refractivity contribution in [2.75, 3.05) is 26.2 Å². The molecule has 0 N–H and O–H groups in total. The molecule has 1 atom stereocenters. The summed E-state index contributed by atoms with van der Waals surface area (Å²) < 4.78 is 21.3. The van der Waals surface area contributed by atoms with E-state index in [1.165, 1.54) is 6.07 Å². The van der Waals surface area contributed by atoms with Crippen molar-refractivity contribution in [1.82, 2.24) is 14.8 Å². The lowest BCUT2D eigenvalue weighted by molar-refractivity contribution is -0.136. The second-order valence-corrected chi connectivity index (χ2v) is 10.6. The van der Waals surface area contributed by atoms with Crippen LogP contribution in [0.3, 0.4) is 0 Å². The van der Waals surface area contributed by atoms with Crippen LogP contribution in [0.2, 0.25) is 0 Å². The van der Waals surface area contributed by atoms with Gasteiger partial charge in [-0.3, -0.25) is 14.6 Å². The first-order valence-electron chi connectivity index (χ1n) is 13.3. The van der Waals surface area contributed by atoms with Crippen molar-refractivity contribution >= 4 is 17.8 Å². The third-order valence-corrected chi connectivity index (χ3v) is 7.99. The molecule has 3 aromatic rings. The van der Waals surface area contributed by atoms with Crippen molar-refractivity contribution < 1.29 is 23.5 Å². The molecule has 0 aliphatic carbocycles. The molecule has 1 fully saturated rings. The molecular weight excluding hydrogens is 497 g/mol. The van der Waals surface area contributed by atoms with Gasteiger partial charge in [-0.05, 0) is 51.5 Å². The van der Waals surface area contributed by atoms with Gasteiger partial charge in [0, 0.05) is 48.9 Å². The van der Waals surface area contributed by atoms with Gasteiger partial charge in [0.05, 0.1) is 17.5 Å². The van der Waals surface area contributed by atoms with Crippen molar-refractivity contribution in [3.05, 3.63) is 89.0 Å². The average Bonchev–Trinajstić information content (AvgIpc) is 3.49. The summed E-state index contributed by atoms with van der Waals surface area (Å²) in [7, 11) is 0. The lowest BCUT2D eigenvalue weighted by Crippen LogP contribution is -2.44. The maximum absolute atomic E-state index is 15.5. The topological polar surface area (TPSA) is 79.8 Å². The zero-order valence-corrected chi connectivity index (χ0v) is 22.7. The number of fused-ring (bicyclic) bond motifs is 2. The molecule has 0 unspecified atom stereocenters. The SMILES string of the molecule is CCN(CC)C(=O)c1ccc(-c2ccc(C(C)(C)C(=O)N3CC[C@@]4(C3)OC(=O)c3ccccc34)c(F)c2)cn1. The third-order valence-electron chi connectivity index (χ3n) is 7.99. The molecule has 1 spiro atoms. The summed E-state index contributed by atoms with van der Waals surface area (Å²) >= 11 is 0.